The topological polar surface area (TPSA) is 45.1 Å². The molecule has 3 nitrogen and oxygen atoms in total. The molecule has 2 rings (SSSR count). The Labute approximate surface area is 125 Å². The second-order valence-electron chi connectivity index (χ2n) is 4.53. The number of anilines is 1. The molecule has 2 aromatic rings. The van der Waals surface area contributed by atoms with Crippen molar-refractivity contribution in [1.82, 2.24) is 4.98 Å². The number of rotatable bonds is 4. The number of aromatic nitrogens is 1. The van der Waals surface area contributed by atoms with Crippen molar-refractivity contribution in [2.24, 2.45) is 0 Å². The Hall–Kier alpha value is -1.10. The first-order valence-corrected chi connectivity index (χ1v) is 6.97. The van der Waals surface area contributed by atoms with Gasteiger partial charge >= 0.3 is 0 Å². The van der Waals surface area contributed by atoms with E-state index in [-0.39, 0.29) is 0 Å². The van der Waals surface area contributed by atoms with Gasteiger partial charge in [0.2, 0.25) is 0 Å². The molecule has 2 N–H and O–H groups in total. The SMILES string of the molecule is CC(O)(CNc1cncc(Br)c1)c1cccc(Cl)c1. The molecule has 0 spiro atoms. The predicted molar refractivity (Wildman–Crippen MR) is 81.4 cm³/mol. The van der Waals surface area contributed by atoms with Crippen LogP contribution in [0.4, 0.5) is 5.69 Å². The van der Waals surface area contributed by atoms with Crippen molar-refractivity contribution in [1.29, 1.82) is 0 Å². The van der Waals surface area contributed by atoms with E-state index in [1.54, 1.807) is 31.5 Å². The zero-order chi connectivity index (χ0) is 13.9. The monoisotopic (exact) mass is 340 g/mol. The standard InChI is InChI=1S/C14H14BrClN2O/c1-14(19,10-3-2-4-12(16)5-10)9-18-13-6-11(15)7-17-8-13/h2-8,18-19H,9H2,1H3. The fraction of sp³-hybridized carbons (Fsp3) is 0.214. The van der Waals surface area contributed by atoms with Crippen LogP contribution in [0.3, 0.4) is 0 Å². The number of nitrogens with zero attached hydrogens (tertiary/aromatic N) is 1. The Balaban J connectivity index is 2.09. The molecule has 0 aliphatic carbocycles. The molecule has 19 heavy (non-hydrogen) atoms. The van der Waals surface area contributed by atoms with Gasteiger partial charge in [-0.1, -0.05) is 23.7 Å². The van der Waals surface area contributed by atoms with Crippen molar-refractivity contribution in [3.05, 3.63) is 57.8 Å². The average Bonchev–Trinajstić information content (AvgIpc) is 2.37. The van der Waals surface area contributed by atoms with E-state index < -0.39 is 5.60 Å². The molecule has 1 heterocycles. The van der Waals surface area contributed by atoms with Crippen LogP contribution in [0, 0.1) is 0 Å². The van der Waals surface area contributed by atoms with Gasteiger partial charge in [0.1, 0.15) is 5.60 Å². The summed E-state index contributed by atoms with van der Waals surface area (Å²) in [6.07, 6.45) is 3.42. The number of pyridine rings is 1. The van der Waals surface area contributed by atoms with Crippen molar-refractivity contribution < 1.29 is 5.11 Å². The van der Waals surface area contributed by atoms with Gasteiger partial charge in [-0.2, -0.15) is 0 Å². The van der Waals surface area contributed by atoms with E-state index in [1.165, 1.54) is 0 Å². The molecule has 1 aromatic carbocycles. The molecule has 0 aliphatic heterocycles. The zero-order valence-corrected chi connectivity index (χ0v) is 12.7. The summed E-state index contributed by atoms with van der Waals surface area (Å²) in [6.45, 7) is 2.11. The fourth-order valence-electron chi connectivity index (χ4n) is 1.71. The Morgan fingerprint density at radius 1 is 1.37 bits per heavy atom. The third-order valence-corrected chi connectivity index (χ3v) is 3.46. The molecule has 5 heteroatoms. The summed E-state index contributed by atoms with van der Waals surface area (Å²) in [7, 11) is 0. The minimum Gasteiger partial charge on any atom is -0.384 e. The minimum atomic E-state index is -1.01. The third kappa shape index (κ3) is 3.93. The molecule has 1 aromatic heterocycles. The second-order valence-corrected chi connectivity index (χ2v) is 5.88. The highest BCUT2D eigenvalue weighted by atomic mass is 79.9. The molecule has 100 valence electrons. The van der Waals surface area contributed by atoms with Gasteiger partial charge in [-0.05, 0) is 46.6 Å². The van der Waals surface area contributed by atoms with Gasteiger partial charge in [0.25, 0.3) is 0 Å². The maximum Gasteiger partial charge on any atom is 0.104 e. The lowest BCUT2D eigenvalue weighted by atomic mass is 9.96. The number of aliphatic hydroxyl groups is 1. The van der Waals surface area contributed by atoms with Crippen molar-refractivity contribution in [2.45, 2.75) is 12.5 Å². The number of hydrogen-bond donors (Lipinski definition) is 2. The summed E-state index contributed by atoms with van der Waals surface area (Å²) in [4.78, 5) is 4.06. The van der Waals surface area contributed by atoms with Gasteiger partial charge in [-0.15, -0.1) is 0 Å². The van der Waals surface area contributed by atoms with Gasteiger partial charge < -0.3 is 10.4 Å². The summed E-state index contributed by atoms with van der Waals surface area (Å²) in [6, 6.07) is 9.13. The number of nitrogens with one attached hydrogen (secondary N) is 1. The number of hydrogen-bond acceptors (Lipinski definition) is 3. The van der Waals surface area contributed by atoms with Crippen LogP contribution in [-0.2, 0) is 5.60 Å². The average molecular weight is 342 g/mol. The van der Waals surface area contributed by atoms with E-state index in [4.69, 9.17) is 11.6 Å². The van der Waals surface area contributed by atoms with Crippen LogP contribution in [0.1, 0.15) is 12.5 Å². The first kappa shape index (κ1) is 14.3. The van der Waals surface area contributed by atoms with Crippen molar-refractivity contribution in [3.63, 3.8) is 0 Å². The largest absolute Gasteiger partial charge is 0.384 e. The lowest BCUT2D eigenvalue weighted by molar-refractivity contribution is 0.0715. The summed E-state index contributed by atoms with van der Waals surface area (Å²) < 4.78 is 0.889. The quantitative estimate of drug-likeness (QED) is 0.888. The van der Waals surface area contributed by atoms with Gasteiger partial charge in [-0.25, -0.2) is 0 Å². The first-order chi connectivity index (χ1) is 8.97. The molecule has 1 atom stereocenters. The molecular formula is C14H14BrClN2O. The molecule has 0 fully saturated rings. The van der Waals surface area contributed by atoms with E-state index in [0.29, 0.717) is 11.6 Å². The van der Waals surface area contributed by atoms with Gasteiger partial charge in [0.15, 0.2) is 0 Å². The molecular weight excluding hydrogens is 328 g/mol. The highest BCUT2D eigenvalue weighted by Gasteiger charge is 2.23. The molecule has 0 bridgehead atoms. The van der Waals surface area contributed by atoms with E-state index in [1.807, 2.05) is 18.2 Å². The van der Waals surface area contributed by atoms with Crippen LogP contribution in [0.5, 0.6) is 0 Å². The summed E-state index contributed by atoms with van der Waals surface area (Å²) >= 11 is 9.30. The fourth-order valence-corrected chi connectivity index (χ4v) is 2.26. The molecule has 0 amide bonds. The van der Waals surface area contributed by atoms with Crippen molar-refractivity contribution >= 4 is 33.2 Å². The molecule has 0 saturated carbocycles. The van der Waals surface area contributed by atoms with Gasteiger partial charge in [0.05, 0.1) is 11.9 Å². The van der Waals surface area contributed by atoms with Crippen LogP contribution in [0.15, 0.2) is 47.2 Å². The Morgan fingerprint density at radius 2 is 2.16 bits per heavy atom. The molecule has 1 unspecified atom stereocenters. The first-order valence-electron chi connectivity index (χ1n) is 5.80. The van der Waals surface area contributed by atoms with Crippen LogP contribution in [0.2, 0.25) is 5.02 Å². The lowest BCUT2D eigenvalue weighted by Gasteiger charge is -2.25. The van der Waals surface area contributed by atoms with E-state index in [9.17, 15) is 5.11 Å². The number of halogens is 2. The lowest BCUT2D eigenvalue weighted by Crippen LogP contribution is -2.30. The van der Waals surface area contributed by atoms with Crippen LogP contribution < -0.4 is 5.32 Å². The van der Waals surface area contributed by atoms with Gasteiger partial charge in [-0.3, -0.25) is 4.98 Å². The number of benzene rings is 1. The van der Waals surface area contributed by atoms with Crippen molar-refractivity contribution in [3.8, 4) is 0 Å². The molecule has 0 aliphatic rings. The third-order valence-electron chi connectivity index (χ3n) is 2.79. The van der Waals surface area contributed by atoms with Crippen LogP contribution in [-0.4, -0.2) is 16.6 Å². The zero-order valence-electron chi connectivity index (χ0n) is 10.4. The molecule has 0 radical (unpaired) electrons. The Kier molecular flexibility index (Phi) is 4.45. The second kappa shape index (κ2) is 5.90. The molecule has 0 saturated heterocycles. The predicted octanol–water partition coefficient (Wildman–Crippen LogP) is 3.82. The van der Waals surface area contributed by atoms with Crippen LogP contribution in [0.25, 0.3) is 0 Å². The van der Waals surface area contributed by atoms with Gasteiger partial charge in [0, 0.05) is 22.2 Å². The van der Waals surface area contributed by atoms with Crippen molar-refractivity contribution in [2.75, 3.05) is 11.9 Å². The Morgan fingerprint density at radius 3 is 2.84 bits per heavy atom. The van der Waals surface area contributed by atoms with E-state index in [2.05, 4.69) is 26.2 Å². The normalized spacial score (nSPS) is 13.9. The highest BCUT2D eigenvalue weighted by Crippen LogP contribution is 2.24. The van der Waals surface area contributed by atoms with Crippen LogP contribution >= 0.6 is 27.5 Å². The smallest absolute Gasteiger partial charge is 0.104 e. The van der Waals surface area contributed by atoms with E-state index in [0.717, 1.165) is 15.7 Å². The maximum absolute atomic E-state index is 10.5. The summed E-state index contributed by atoms with van der Waals surface area (Å²) in [5, 5.41) is 14.3. The maximum atomic E-state index is 10.5. The summed E-state index contributed by atoms with van der Waals surface area (Å²) in [5.41, 5.74) is 0.611. The minimum absolute atomic E-state index is 0.367. The Bertz CT molecular complexity index is 575. The highest BCUT2D eigenvalue weighted by molar-refractivity contribution is 9.10. The van der Waals surface area contributed by atoms with E-state index >= 15 is 0 Å². The summed E-state index contributed by atoms with van der Waals surface area (Å²) in [5.74, 6) is 0.